The Morgan fingerprint density at radius 1 is 1.30 bits per heavy atom. The van der Waals surface area contributed by atoms with Crippen LogP contribution in [-0.2, 0) is 6.54 Å². The largest absolute Gasteiger partial charge is 0.399 e. The monoisotopic (exact) mass is 337 g/mol. The lowest BCUT2D eigenvalue weighted by molar-refractivity contribution is 0.0946. The quantitative estimate of drug-likeness (QED) is 0.785. The number of nitrogens with two attached hydrogens (primary N) is 1. The van der Waals surface area contributed by atoms with Gasteiger partial charge in [-0.15, -0.1) is 12.4 Å². The average Bonchev–Trinajstić information content (AvgIpc) is 2.97. The number of carbonyl (C=O) groups is 1. The zero-order valence-corrected chi connectivity index (χ0v) is 14.6. The summed E-state index contributed by atoms with van der Waals surface area (Å²) in [5.41, 5.74) is 8.73. The van der Waals surface area contributed by atoms with Crippen LogP contribution in [0.1, 0.15) is 60.0 Å². The van der Waals surface area contributed by atoms with E-state index >= 15 is 0 Å². The lowest BCUT2D eigenvalue weighted by Crippen LogP contribution is -2.23. The van der Waals surface area contributed by atoms with Crippen LogP contribution >= 0.6 is 12.4 Å². The van der Waals surface area contributed by atoms with Gasteiger partial charge in [0.25, 0.3) is 5.91 Å². The summed E-state index contributed by atoms with van der Waals surface area (Å²) in [5, 5.41) is 6.94. The molecule has 2 aromatic rings. The van der Waals surface area contributed by atoms with Crippen molar-refractivity contribution >= 4 is 24.0 Å². The van der Waals surface area contributed by atoms with E-state index in [-0.39, 0.29) is 18.3 Å². The number of hydrogen-bond donors (Lipinski definition) is 2. The van der Waals surface area contributed by atoms with Crippen molar-refractivity contribution in [3.8, 4) is 0 Å². The van der Waals surface area contributed by atoms with Crippen molar-refractivity contribution in [3.63, 3.8) is 0 Å². The second-order valence-corrected chi connectivity index (χ2v) is 5.49. The van der Waals surface area contributed by atoms with Gasteiger partial charge in [0.15, 0.2) is 5.76 Å². The highest BCUT2D eigenvalue weighted by Gasteiger charge is 2.14. The predicted octanol–water partition coefficient (Wildman–Crippen LogP) is 3.82. The standard InChI is InChI=1S/C17H23N3O2.ClH/c1-4-12(5-2)16-9-14(22-20-16)10-19-17(21)15-8-13(18)7-6-11(15)3;/h6-9,12H,4-5,10,18H2,1-3H3,(H,19,21);1H. The van der Waals surface area contributed by atoms with Gasteiger partial charge in [0.05, 0.1) is 12.2 Å². The molecule has 0 atom stereocenters. The van der Waals surface area contributed by atoms with Crippen molar-refractivity contribution in [1.82, 2.24) is 10.5 Å². The molecule has 1 aromatic carbocycles. The number of aromatic nitrogens is 1. The van der Waals surface area contributed by atoms with E-state index in [0.717, 1.165) is 24.1 Å². The van der Waals surface area contributed by atoms with Crippen molar-refractivity contribution in [2.75, 3.05) is 5.73 Å². The van der Waals surface area contributed by atoms with E-state index < -0.39 is 0 Å². The highest BCUT2D eigenvalue weighted by molar-refractivity contribution is 5.96. The average molecular weight is 338 g/mol. The summed E-state index contributed by atoms with van der Waals surface area (Å²) < 4.78 is 5.30. The van der Waals surface area contributed by atoms with Crippen molar-refractivity contribution in [1.29, 1.82) is 0 Å². The summed E-state index contributed by atoms with van der Waals surface area (Å²) in [6.45, 7) is 6.47. The summed E-state index contributed by atoms with van der Waals surface area (Å²) >= 11 is 0. The van der Waals surface area contributed by atoms with E-state index in [1.54, 1.807) is 12.1 Å². The molecule has 0 aliphatic rings. The number of amides is 1. The highest BCUT2D eigenvalue weighted by Crippen LogP contribution is 2.22. The molecule has 3 N–H and O–H groups in total. The van der Waals surface area contributed by atoms with Gasteiger partial charge in [-0.05, 0) is 37.5 Å². The maximum absolute atomic E-state index is 12.2. The molecule has 0 saturated heterocycles. The molecule has 126 valence electrons. The fraction of sp³-hybridized carbons (Fsp3) is 0.412. The summed E-state index contributed by atoms with van der Waals surface area (Å²) in [7, 11) is 0. The third-order valence-corrected chi connectivity index (χ3v) is 3.91. The van der Waals surface area contributed by atoms with E-state index in [2.05, 4.69) is 24.3 Å². The molecule has 0 unspecified atom stereocenters. The highest BCUT2D eigenvalue weighted by atomic mass is 35.5. The molecule has 5 nitrogen and oxygen atoms in total. The SMILES string of the molecule is CCC(CC)c1cc(CNC(=O)c2cc(N)ccc2C)on1.Cl. The first kappa shape index (κ1) is 19.0. The Labute approximate surface area is 143 Å². The Balaban J connectivity index is 0.00000264. The molecule has 0 saturated carbocycles. The molecule has 0 fully saturated rings. The molecule has 1 aromatic heterocycles. The molecule has 0 aliphatic heterocycles. The number of hydrogen-bond acceptors (Lipinski definition) is 4. The number of carbonyl (C=O) groups excluding carboxylic acids is 1. The zero-order valence-electron chi connectivity index (χ0n) is 13.8. The van der Waals surface area contributed by atoms with Crippen molar-refractivity contribution < 1.29 is 9.32 Å². The molecule has 23 heavy (non-hydrogen) atoms. The number of nitrogen functional groups attached to an aromatic ring is 1. The van der Waals surface area contributed by atoms with Crippen LogP contribution in [0.15, 0.2) is 28.8 Å². The van der Waals surface area contributed by atoms with Gasteiger partial charge in [-0.1, -0.05) is 25.1 Å². The normalized spacial score (nSPS) is 10.4. The molecular formula is C17H24ClN3O2. The Hall–Kier alpha value is -2.01. The summed E-state index contributed by atoms with van der Waals surface area (Å²) in [4.78, 5) is 12.2. The maximum atomic E-state index is 12.2. The number of benzene rings is 1. The van der Waals surface area contributed by atoms with Crippen LogP contribution in [0.4, 0.5) is 5.69 Å². The lowest BCUT2D eigenvalue weighted by Gasteiger charge is -2.07. The number of anilines is 1. The van der Waals surface area contributed by atoms with Crippen molar-refractivity contribution in [3.05, 3.63) is 46.8 Å². The van der Waals surface area contributed by atoms with Crippen LogP contribution in [-0.4, -0.2) is 11.1 Å². The van der Waals surface area contributed by atoms with Crippen molar-refractivity contribution in [2.24, 2.45) is 0 Å². The number of nitrogens with zero attached hydrogens (tertiary/aromatic N) is 1. The van der Waals surface area contributed by atoms with Gasteiger partial charge < -0.3 is 15.6 Å². The minimum atomic E-state index is -0.162. The van der Waals surface area contributed by atoms with Gasteiger partial charge in [0.1, 0.15) is 0 Å². The number of halogens is 1. The first-order valence-corrected chi connectivity index (χ1v) is 7.64. The second kappa shape index (κ2) is 8.58. The Bertz CT molecular complexity index is 651. The first-order valence-electron chi connectivity index (χ1n) is 7.64. The van der Waals surface area contributed by atoms with E-state index in [1.807, 2.05) is 19.1 Å². The van der Waals surface area contributed by atoms with Gasteiger partial charge in [0, 0.05) is 23.2 Å². The molecule has 0 aliphatic carbocycles. The molecule has 1 heterocycles. The number of aryl methyl sites for hydroxylation is 1. The van der Waals surface area contributed by atoms with Crippen LogP contribution in [0.25, 0.3) is 0 Å². The first-order chi connectivity index (χ1) is 10.5. The minimum absolute atomic E-state index is 0. The number of rotatable bonds is 6. The Morgan fingerprint density at radius 3 is 2.65 bits per heavy atom. The number of nitrogens with one attached hydrogen (secondary N) is 1. The van der Waals surface area contributed by atoms with Crippen LogP contribution in [0, 0.1) is 6.92 Å². The summed E-state index contributed by atoms with van der Waals surface area (Å²) in [6, 6.07) is 7.22. The van der Waals surface area contributed by atoms with Gasteiger partial charge >= 0.3 is 0 Å². The molecule has 0 spiro atoms. The van der Waals surface area contributed by atoms with Gasteiger partial charge in [0.2, 0.25) is 0 Å². The van der Waals surface area contributed by atoms with Crippen LogP contribution in [0.5, 0.6) is 0 Å². The fourth-order valence-electron chi connectivity index (χ4n) is 2.46. The maximum Gasteiger partial charge on any atom is 0.252 e. The van der Waals surface area contributed by atoms with Gasteiger partial charge in [-0.3, -0.25) is 4.79 Å². The molecular weight excluding hydrogens is 314 g/mol. The Morgan fingerprint density at radius 2 is 2.00 bits per heavy atom. The van der Waals surface area contributed by atoms with E-state index in [1.165, 1.54) is 0 Å². The molecule has 2 rings (SSSR count). The van der Waals surface area contributed by atoms with Crippen molar-refractivity contribution in [2.45, 2.75) is 46.1 Å². The van der Waals surface area contributed by atoms with Crippen LogP contribution < -0.4 is 11.1 Å². The van der Waals surface area contributed by atoms with Crippen LogP contribution in [0.3, 0.4) is 0 Å². The minimum Gasteiger partial charge on any atom is -0.399 e. The Kier molecular flexibility index (Phi) is 7.10. The predicted molar refractivity (Wildman–Crippen MR) is 93.8 cm³/mol. The van der Waals surface area contributed by atoms with Gasteiger partial charge in [-0.25, -0.2) is 0 Å². The summed E-state index contributed by atoms with van der Waals surface area (Å²) in [5.74, 6) is 0.909. The smallest absolute Gasteiger partial charge is 0.252 e. The third-order valence-electron chi connectivity index (χ3n) is 3.91. The molecule has 0 bridgehead atoms. The zero-order chi connectivity index (χ0) is 16.1. The molecule has 0 radical (unpaired) electrons. The van der Waals surface area contributed by atoms with E-state index in [0.29, 0.717) is 29.5 Å². The topological polar surface area (TPSA) is 81.2 Å². The second-order valence-electron chi connectivity index (χ2n) is 5.49. The van der Waals surface area contributed by atoms with Crippen LogP contribution in [0.2, 0.25) is 0 Å². The van der Waals surface area contributed by atoms with Gasteiger partial charge in [-0.2, -0.15) is 0 Å². The fourth-order valence-corrected chi connectivity index (χ4v) is 2.46. The summed E-state index contributed by atoms with van der Waals surface area (Å²) in [6.07, 6.45) is 2.05. The lowest BCUT2D eigenvalue weighted by atomic mass is 9.99. The van der Waals surface area contributed by atoms with E-state index in [9.17, 15) is 4.79 Å². The molecule has 1 amide bonds. The van der Waals surface area contributed by atoms with E-state index in [4.69, 9.17) is 10.3 Å². The third kappa shape index (κ3) is 4.73. The molecule has 6 heteroatoms.